The van der Waals surface area contributed by atoms with Crippen LogP contribution in [0.1, 0.15) is 34.8 Å². The molecule has 4 rings (SSSR count). The lowest BCUT2D eigenvalue weighted by atomic mass is 10.1. The van der Waals surface area contributed by atoms with Crippen LogP contribution in [0.5, 0.6) is 0 Å². The summed E-state index contributed by atoms with van der Waals surface area (Å²) in [4.78, 5) is 14.3. The first kappa shape index (κ1) is 19.2. The smallest absolute Gasteiger partial charge is 0.353 e. The molecule has 3 aromatic heterocycles. The van der Waals surface area contributed by atoms with Gasteiger partial charge in [0.05, 0.1) is 0 Å². The standard InChI is InChI=1S/C17H19F3N8O/c1-10-8-12(24-26(10)2)15(29)21-11-4-3-7-27(9-11)14-6-5-13-22-23-16(17(18,19)20)28(13)25-14/h5-6,8,11H,3-4,7,9H2,1-2H3,(H,21,29). The van der Waals surface area contributed by atoms with E-state index in [1.165, 1.54) is 6.07 Å². The Morgan fingerprint density at radius 2 is 2.03 bits per heavy atom. The highest BCUT2D eigenvalue weighted by molar-refractivity contribution is 5.92. The Morgan fingerprint density at radius 1 is 1.24 bits per heavy atom. The number of hydrogen-bond acceptors (Lipinski definition) is 6. The first-order chi connectivity index (χ1) is 13.7. The van der Waals surface area contributed by atoms with Gasteiger partial charge >= 0.3 is 6.18 Å². The summed E-state index contributed by atoms with van der Waals surface area (Å²) in [5.74, 6) is -1.07. The van der Waals surface area contributed by atoms with E-state index in [9.17, 15) is 18.0 Å². The van der Waals surface area contributed by atoms with Crippen LogP contribution in [0.3, 0.4) is 0 Å². The van der Waals surface area contributed by atoms with Gasteiger partial charge in [0.15, 0.2) is 5.65 Å². The van der Waals surface area contributed by atoms with E-state index in [1.807, 2.05) is 11.8 Å². The van der Waals surface area contributed by atoms with Gasteiger partial charge in [-0.3, -0.25) is 9.48 Å². The van der Waals surface area contributed by atoms with Gasteiger partial charge in [-0.25, -0.2) is 0 Å². The predicted octanol–water partition coefficient (Wildman–Crippen LogP) is 1.58. The fourth-order valence-electron chi connectivity index (χ4n) is 3.36. The molecule has 0 aromatic carbocycles. The second kappa shape index (κ2) is 7.01. The summed E-state index contributed by atoms with van der Waals surface area (Å²) in [6, 6.07) is 4.59. The number of fused-ring (bicyclic) bond motifs is 1. The van der Waals surface area contributed by atoms with Gasteiger partial charge < -0.3 is 10.2 Å². The van der Waals surface area contributed by atoms with Gasteiger partial charge in [0.2, 0.25) is 0 Å². The van der Waals surface area contributed by atoms with E-state index in [1.54, 1.807) is 23.9 Å². The number of piperidine rings is 1. The number of carbonyl (C=O) groups excluding carboxylic acids is 1. The third-order valence-electron chi connectivity index (χ3n) is 4.93. The van der Waals surface area contributed by atoms with Gasteiger partial charge in [0.25, 0.3) is 11.7 Å². The topological polar surface area (TPSA) is 93.2 Å². The van der Waals surface area contributed by atoms with Crippen molar-refractivity contribution in [3.63, 3.8) is 0 Å². The van der Waals surface area contributed by atoms with Crippen LogP contribution in [-0.2, 0) is 13.2 Å². The van der Waals surface area contributed by atoms with Crippen molar-refractivity contribution in [1.29, 1.82) is 0 Å². The summed E-state index contributed by atoms with van der Waals surface area (Å²) in [5, 5.41) is 17.9. The van der Waals surface area contributed by atoms with Crippen LogP contribution in [-0.4, -0.2) is 54.6 Å². The zero-order chi connectivity index (χ0) is 20.8. The first-order valence-electron chi connectivity index (χ1n) is 9.08. The molecule has 154 valence electrons. The van der Waals surface area contributed by atoms with Crippen molar-refractivity contribution < 1.29 is 18.0 Å². The van der Waals surface area contributed by atoms with Gasteiger partial charge in [0, 0.05) is 31.9 Å². The molecule has 1 saturated heterocycles. The number of aryl methyl sites for hydroxylation is 2. The van der Waals surface area contributed by atoms with Crippen LogP contribution in [0.15, 0.2) is 18.2 Å². The number of nitrogens with one attached hydrogen (secondary N) is 1. The normalized spacial score (nSPS) is 17.7. The predicted molar refractivity (Wildman–Crippen MR) is 96.4 cm³/mol. The Kier molecular flexibility index (Phi) is 4.63. The molecule has 1 fully saturated rings. The average molecular weight is 408 g/mol. The Balaban J connectivity index is 1.51. The van der Waals surface area contributed by atoms with E-state index in [4.69, 9.17) is 0 Å². The van der Waals surface area contributed by atoms with Crippen LogP contribution in [0, 0.1) is 6.92 Å². The molecule has 9 nitrogen and oxygen atoms in total. The fourth-order valence-corrected chi connectivity index (χ4v) is 3.36. The van der Waals surface area contributed by atoms with Crippen molar-refractivity contribution >= 4 is 17.4 Å². The lowest BCUT2D eigenvalue weighted by Crippen LogP contribution is -2.48. The summed E-state index contributed by atoms with van der Waals surface area (Å²) >= 11 is 0. The Hall–Kier alpha value is -3.18. The Morgan fingerprint density at radius 3 is 2.72 bits per heavy atom. The molecule has 1 N–H and O–H groups in total. The second-order valence-electron chi connectivity index (χ2n) is 7.04. The highest BCUT2D eigenvalue weighted by atomic mass is 19.4. The van der Waals surface area contributed by atoms with E-state index in [0.717, 1.165) is 18.5 Å². The van der Waals surface area contributed by atoms with E-state index >= 15 is 0 Å². The lowest BCUT2D eigenvalue weighted by Gasteiger charge is -2.33. The maximum absolute atomic E-state index is 13.1. The second-order valence-corrected chi connectivity index (χ2v) is 7.04. The number of carbonyl (C=O) groups is 1. The third kappa shape index (κ3) is 3.74. The van der Waals surface area contributed by atoms with Crippen LogP contribution < -0.4 is 10.2 Å². The number of nitrogens with zero attached hydrogens (tertiary/aromatic N) is 7. The number of anilines is 1. The Labute approximate surface area is 163 Å². The van der Waals surface area contributed by atoms with E-state index in [2.05, 4.69) is 25.7 Å². The number of alkyl halides is 3. The SMILES string of the molecule is Cc1cc(C(=O)NC2CCCN(c3ccc4nnc(C(F)(F)F)n4n3)C2)nn1C. The summed E-state index contributed by atoms with van der Waals surface area (Å²) in [6.07, 6.45) is -3.12. The average Bonchev–Trinajstić information content (AvgIpc) is 3.24. The van der Waals surface area contributed by atoms with Gasteiger partial charge in [-0.15, -0.1) is 15.3 Å². The molecule has 0 radical (unpaired) electrons. The summed E-state index contributed by atoms with van der Waals surface area (Å²) in [7, 11) is 1.76. The monoisotopic (exact) mass is 408 g/mol. The van der Waals surface area contributed by atoms with Gasteiger partial charge in [-0.1, -0.05) is 0 Å². The van der Waals surface area contributed by atoms with Crippen molar-refractivity contribution in [3.05, 3.63) is 35.4 Å². The van der Waals surface area contributed by atoms with E-state index < -0.39 is 12.0 Å². The van der Waals surface area contributed by atoms with Crippen LogP contribution in [0.4, 0.5) is 19.0 Å². The van der Waals surface area contributed by atoms with E-state index in [0.29, 0.717) is 29.1 Å². The first-order valence-corrected chi connectivity index (χ1v) is 9.08. The maximum Gasteiger partial charge on any atom is 0.453 e. The third-order valence-corrected chi connectivity index (χ3v) is 4.93. The molecule has 12 heteroatoms. The molecule has 1 amide bonds. The molecule has 1 aliphatic rings. The quantitative estimate of drug-likeness (QED) is 0.708. The van der Waals surface area contributed by atoms with E-state index in [-0.39, 0.29) is 17.6 Å². The van der Waals surface area contributed by atoms with Crippen LogP contribution in [0.2, 0.25) is 0 Å². The van der Waals surface area contributed by atoms with Crippen molar-refractivity contribution in [2.24, 2.45) is 7.05 Å². The Bertz CT molecular complexity index is 1040. The minimum atomic E-state index is -4.65. The molecular weight excluding hydrogens is 389 g/mol. The summed E-state index contributed by atoms with van der Waals surface area (Å²) in [6.45, 7) is 2.91. The maximum atomic E-state index is 13.1. The largest absolute Gasteiger partial charge is 0.453 e. The molecule has 1 unspecified atom stereocenters. The minimum Gasteiger partial charge on any atom is -0.353 e. The van der Waals surface area contributed by atoms with Crippen molar-refractivity contribution in [2.45, 2.75) is 32.0 Å². The molecule has 0 aliphatic carbocycles. The van der Waals surface area contributed by atoms with Gasteiger partial charge in [0.1, 0.15) is 11.5 Å². The molecule has 0 saturated carbocycles. The highest BCUT2D eigenvalue weighted by Crippen LogP contribution is 2.28. The number of aromatic nitrogens is 6. The molecule has 29 heavy (non-hydrogen) atoms. The number of halogens is 3. The molecule has 1 aliphatic heterocycles. The van der Waals surface area contributed by atoms with Crippen molar-refractivity contribution in [1.82, 2.24) is 34.9 Å². The van der Waals surface area contributed by atoms with Gasteiger partial charge in [-0.2, -0.15) is 22.8 Å². The minimum absolute atomic E-state index is 0.0217. The molecule has 1 atom stereocenters. The molecule has 4 heterocycles. The number of hydrogen-bond donors (Lipinski definition) is 1. The zero-order valence-corrected chi connectivity index (χ0v) is 15.8. The van der Waals surface area contributed by atoms with Gasteiger partial charge in [-0.05, 0) is 38.0 Å². The molecule has 0 spiro atoms. The lowest BCUT2D eigenvalue weighted by molar-refractivity contribution is -0.146. The molecule has 3 aromatic rings. The summed E-state index contributed by atoms with van der Waals surface area (Å²) < 4.78 is 41.6. The molecular formula is C17H19F3N8O. The molecule has 0 bridgehead atoms. The number of rotatable bonds is 3. The van der Waals surface area contributed by atoms with Crippen LogP contribution >= 0.6 is 0 Å². The van der Waals surface area contributed by atoms with Crippen molar-refractivity contribution in [2.75, 3.05) is 18.0 Å². The summed E-state index contributed by atoms with van der Waals surface area (Å²) in [5.41, 5.74) is 1.22. The highest BCUT2D eigenvalue weighted by Gasteiger charge is 2.38. The van der Waals surface area contributed by atoms with Crippen LogP contribution in [0.25, 0.3) is 5.65 Å². The number of amides is 1. The van der Waals surface area contributed by atoms with Crippen molar-refractivity contribution in [3.8, 4) is 0 Å². The fraction of sp³-hybridized carbons (Fsp3) is 0.471. The zero-order valence-electron chi connectivity index (χ0n) is 15.8.